The van der Waals surface area contributed by atoms with E-state index >= 15 is 0 Å². The zero-order chi connectivity index (χ0) is 10.7. The molecular weight excluding hydrogens is 232 g/mol. The Morgan fingerprint density at radius 1 is 0.538 bits per heavy atom. The van der Waals surface area contributed by atoms with Gasteiger partial charge in [-0.25, -0.2) is 0 Å². The predicted octanol–water partition coefficient (Wildman–Crippen LogP) is -7.34. The van der Waals surface area contributed by atoms with Crippen LogP contribution in [0.15, 0.2) is 0 Å². The second-order valence-corrected chi connectivity index (χ2v) is 0.750. The van der Waals surface area contributed by atoms with Gasteiger partial charge < -0.3 is 45.0 Å². The van der Waals surface area contributed by atoms with Gasteiger partial charge in [0.15, 0.2) is 0 Å². The van der Waals surface area contributed by atoms with Crippen LogP contribution in [0.3, 0.4) is 0 Å². The average molecular weight is 232 g/mol. The molecule has 9 nitrogen and oxygen atoms in total. The molecule has 0 aromatic carbocycles. The molecule has 0 saturated carbocycles. The summed E-state index contributed by atoms with van der Waals surface area (Å²) in [5, 5.41) is 50.0. The number of rotatable bonds is 0. The fraction of sp³-hybridized carbons (Fsp3) is 0. The third kappa shape index (κ3) is 262. The van der Waals surface area contributed by atoms with E-state index in [1.54, 1.807) is 0 Å². The van der Waals surface area contributed by atoms with Crippen LogP contribution in [-0.4, -0.2) is 18.5 Å². The second kappa shape index (κ2) is 16.7. The van der Waals surface area contributed by atoms with Crippen molar-refractivity contribution in [2.45, 2.75) is 0 Å². The van der Waals surface area contributed by atoms with Gasteiger partial charge in [-0.3, -0.25) is 0 Å². The smallest absolute Gasteiger partial charge is 0.652 e. The normalized spacial score (nSPS) is 5.54. The van der Waals surface area contributed by atoms with Crippen molar-refractivity contribution in [2.24, 2.45) is 0 Å². The van der Waals surface area contributed by atoms with Gasteiger partial charge in [0.25, 0.3) is 0 Å². The minimum Gasteiger partial charge on any atom is -0.652 e. The van der Waals surface area contributed by atoms with Crippen molar-refractivity contribution in [2.75, 3.05) is 0 Å². The van der Waals surface area contributed by atoms with E-state index in [1.807, 2.05) is 0 Å². The molecule has 0 saturated heterocycles. The molecule has 0 heterocycles. The minimum atomic E-state index is -2.33. The fourth-order valence-electron chi connectivity index (χ4n) is 0. The van der Waals surface area contributed by atoms with Crippen LogP contribution in [0.1, 0.15) is 0 Å². The summed E-state index contributed by atoms with van der Waals surface area (Å²) in [7, 11) is 0. The van der Waals surface area contributed by atoms with E-state index in [0.717, 1.165) is 0 Å². The third-order valence-electron chi connectivity index (χ3n) is 0. The SMILES string of the molecule is O=C([O-])[O-].O=C([O-])[O-].O=C([O-])[O-].[Cr+6]. The first-order valence-electron chi connectivity index (χ1n) is 1.84. The molecule has 0 aromatic heterocycles. The summed E-state index contributed by atoms with van der Waals surface area (Å²) in [4.78, 5) is 25.0. The van der Waals surface area contributed by atoms with Gasteiger partial charge in [0, 0.05) is 0 Å². The molecule has 13 heavy (non-hydrogen) atoms. The van der Waals surface area contributed by atoms with E-state index in [4.69, 9.17) is 45.0 Å². The molecule has 0 atom stereocenters. The van der Waals surface area contributed by atoms with Crippen LogP contribution < -0.4 is 30.6 Å². The molecule has 0 aromatic rings. The summed E-state index contributed by atoms with van der Waals surface area (Å²) < 4.78 is 0. The van der Waals surface area contributed by atoms with Gasteiger partial charge in [0.1, 0.15) is 0 Å². The van der Waals surface area contributed by atoms with Gasteiger partial charge in [0.2, 0.25) is 0 Å². The van der Waals surface area contributed by atoms with Crippen molar-refractivity contribution in [3.8, 4) is 0 Å². The fourth-order valence-corrected chi connectivity index (χ4v) is 0. The van der Waals surface area contributed by atoms with Crippen LogP contribution in [0.5, 0.6) is 0 Å². The zero-order valence-electron chi connectivity index (χ0n) is 5.58. The Hall–Kier alpha value is -1.66. The van der Waals surface area contributed by atoms with Gasteiger partial charge in [-0.2, -0.15) is 0 Å². The summed E-state index contributed by atoms with van der Waals surface area (Å²) in [6.45, 7) is 0. The molecule has 0 aliphatic heterocycles. The standard InChI is InChI=1S/3CH2O3.Cr/c3*2-1(3)4;/h3*(H2,2,3,4);/q;;;+6/p-6. The number of carbonyl (C=O) groups is 3. The van der Waals surface area contributed by atoms with Crippen LogP contribution in [0.2, 0.25) is 0 Å². The predicted molar refractivity (Wildman–Crippen MR) is 16.2 cm³/mol. The molecule has 0 aliphatic rings. The van der Waals surface area contributed by atoms with Crippen molar-refractivity contribution in [1.29, 1.82) is 0 Å². The zero-order valence-corrected chi connectivity index (χ0v) is 6.86. The molecule has 0 aliphatic carbocycles. The molecule has 0 N–H and O–H groups in total. The maximum absolute atomic E-state index is 8.33. The molecule has 0 amide bonds. The molecule has 0 spiro atoms. The Morgan fingerprint density at radius 3 is 0.538 bits per heavy atom. The molecule has 0 unspecified atom stereocenters. The number of hydrogen-bond acceptors (Lipinski definition) is 9. The summed E-state index contributed by atoms with van der Waals surface area (Å²) in [6.07, 6.45) is -7.00. The quantitative estimate of drug-likeness (QED) is 0.390. The van der Waals surface area contributed by atoms with Crippen LogP contribution in [0.25, 0.3) is 0 Å². The Balaban J connectivity index is -0.0000000450. The molecule has 0 rings (SSSR count). The van der Waals surface area contributed by atoms with E-state index in [-0.39, 0.29) is 17.4 Å². The molecule has 72 valence electrons. The molecule has 0 radical (unpaired) electrons. The van der Waals surface area contributed by atoms with E-state index in [0.29, 0.717) is 0 Å². The molecule has 0 bridgehead atoms. The number of carboxylic acid groups (broad SMARTS) is 6. The first-order chi connectivity index (χ1) is 5.20. The number of hydrogen-bond donors (Lipinski definition) is 0. The Labute approximate surface area is 81.6 Å². The first kappa shape index (κ1) is 22.5. The molecular formula is C3CrO9. The van der Waals surface area contributed by atoms with Gasteiger partial charge in [-0.15, -0.1) is 0 Å². The van der Waals surface area contributed by atoms with Crippen molar-refractivity contribution in [1.82, 2.24) is 0 Å². The molecule has 10 heteroatoms. The van der Waals surface area contributed by atoms with E-state index in [1.165, 1.54) is 0 Å². The Kier molecular flexibility index (Phi) is 29.0. The topological polar surface area (TPSA) is 190 Å². The summed E-state index contributed by atoms with van der Waals surface area (Å²) in [5.74, 6) is 0. The van der Waals surface area contributed by atoms with Gasteiger partial charge in [0.05, 0.1) is 0 Å². The summed E-state index contributed by atoms with van der Waals surface area (Å²) in [5.41, 5.74) is 0. The second-order valence-electron chi connectivity index (χ2n) is 0.750. The third-order valence-corrected chi connectivity index (χ3v) is 0. The largest absolute Gasteiger partial charge is 6.00 e. The van der Waals surface area contributed by atoms with Gasteiger partial charge in [-0.1, -0.05) is 0 Å². The average Bonchev–Trinajstić information content (AvgIpc) is 1.54. The van der Waals surface area contributed by atoms with Crippen molar-refractivity contribution in [3.63, 3.8) is 0 Å². The number of carbonyl (C=O) groups excluding carboxylic acids is 3. The maximum Gasteiger partial charge on any atom is 6.00 e. The monoisotopic (exact) mass is 232 g/mol. The minimum absolute atomic E-state index is 0. The van der Waals surface area contributed by atoms with Crippen molar-refractivity contribution < 1.29 is 62.4 Å². The van der Waals surface area contributed by atoms with Gasteiger partial charge in [-0.05, 0) is 18.5 Å². The summed E-state index contributed by atoms with van der Waals surface area (Å²) >= 11 is 0. The van der Waals surface area contributed by atoms with E-state index < -0.39 is 18.5 Å². The van der Waals surface area contributed by atoms with Crippen LogP contribution in [0.4, 0.5) is 14.4 Å². The van der Waals surface area contributed by atoms with Crippen LogP contribution in [0, 0.1) is 0 Å². The van der Waals surface area contributed by atoms with Crippen LogP contribution >= 0.6 is 0 Å². The van der Waals surface area contributed by atoms with Crippen LogP contribution in [-0.2, 0) is 17.4 Å². The van der Waals surface area contributed by atoms with Crippen molar-refractivity contribution >= 4 is 18.5 Å². The van der Waals surface area contributed by atoms with Gasteiger partial charge >= 0.3 is 17.4 Å². The Bertz CT molecular complexity index is 112. The first-order valence-corrected chi connectivity index (χ1v) is 1.84. The van der Waals surface area contributed by atoms with Crippen molar-refractivity contribution in [3.05, 3.63) is 0 Å². The van der Waals surface area contributed by atoms with E-state index in [2.05, 4.69) is 0 Å². The maximum atomic E-state index is 8.33. The Morgan fingerprint density at radius 2 is 0.538 bits per heavy atom. The van der Waals surface area contributed by atoms with E-state index in [9.17, 15) is 0 Å². The molecule has 0 fully saturated rings. The summed E-state index contributed by atoms with van der Waals surface area (Å²) in [6, 6.07) is 0.